The summed E-state index contributed by atoms with van der Waals surface area (Å²) in [6.45, 7) is 0.502. The fourth-order valence-corrected chi connectivity index (χ4v) is 3.18. The minimum atomic E-state index is -0.421. The van der Waals surface area contributed by atoms with Gasteiger partial charge < -0.3 is 4.74 Å². The molecule has 0 aliphatic heterocycles. The monoisotopic (exact) mass is 361 g/mol. The molecule has 0 unspecified atom stereocenters. The molecule has 1 heterocycles. The van der Waals surface area contributed by atoms with Gasteiger partial charge in [-0.3, -0.25) is 10.1 Å². The van der Waals surface area contributed by atoms with Crippen LogP contribution in [0.5, 0.6) is 5.88 Å². The van der Waals surface area contributed by atoms with Crippen LogP contribution < -0.4 is 4.74 Å². The highest BCUT2D eigenvalue weighted by Crippen LogP contribution is 2.41. The van der Waals surface area contributed by atoms with E-state index in [-0.39, 0.29) is 5.69 Å². The molecule has 6 heteroatoms. The zero-order chi connectivity index (χ0) is 18.6. The van der Waals surface area contributed by atoms with Crippen molar-refractivity contribution in [2.45, 2.75) is 25.2 Å². The normalized spacial score (nSPS) is 13.3. The Balaban J connectivity index is 1.48. The quantitative estimate of drug-likeness (QED) is 0.456. The number of nitrogens with zero attached hydrogens (tertiary/aromatic N) is 3. The van der Waals surface area contributed by atoms with Crippen LogP contribution in [0, 0.1) is 10.1 Å². The van der Waals surface area contributed by atoms with Gasteiger partial charge in [-0.25, -0.2) is 9.97 Å². The molecule has 0 saturated heterocycles. The molecule has 0 amide bonds. The van der Waals surface area contributed by atoms with E-state index >= 15 is 0 Å². The molecular weight excluding hydrogens is 342 g/mol. The van der Waals surface area contributed by atoms with E-state index in [2.05, 4.69) is 34.2 Å². The average molecular weight is 361 g/mol. The second-order valence-corrected chi connectivity index (χ2v) is 6.59. The van der Waals surface area contributed by atoms with E-state index < -0.39 is 4.92 Å². The van der Waals surface area contributed by atoms with Crippen LogP contribution in [-0.2, 0) is 6.42 Å². The van der Waals surface area contributed by atoms with E-state index in [4.69, 9.17) is 4.74 Å². The van der Waals surface area contributed by atoms with E-state index in [1.54, 1.807) is 24.5 Å². The van der Waals surface area contributed by atoms with Gasteiger partial charge in [0.05, 0.1) is 11.5 Å². The Morgan fingerprint density at radius 3 is 2.52 bits per heavy atom. The maximum Gasteiger partial charge on any atom is 0.269 e. The van der Waals surface area contributed by atoms with Gasteiger partial charge in [-0.15, -0.1) is 0 Å². The Morgan fingerprint density at radius 1 is 1.04 bits per heavy atom. The SMILES string of the molecule is O=[N+]([O-])c1ccc(-c2nccnc2OCCc2ccccc2C2CC2)cc1. The summed E-state index contributed by atoms with van der Waals surface area (Å²) in [5.41, 5.74) is 4.11. The smallest absolute Gasteiger partial charge is 0.269 e. The van der Waals surface area contributed by atoms with Crippen LogP contribution in [0.4, 0.5) is 5.69 Å². The molecule has 2 aromatic carbocycles. The minimum Gasteiger partial charge on any atom is -0.476 e. The van der Waals surface area contributed by atoms with Crippen LogP contribution in [0.2, 0.25) is 0 Å². The van der Waals surface area contributed by atoms with Crippen molar-refractivity contribution in [1.82, 2.24) is 9.97 Å². The molecule has 0 bridgehead atoms. The average Bonchev–Trinajstić information content (AvgIpc) is 3.54. The molecule has 6 nitrogen and oxygen atoms in total. The second-order valence-electron chi connectivity index (χ2n) is 6.59. The maximum absolute atomic E-state index is 10.8. The fourth-order valence-electron chi connectivity index (χ4n) is 3.18. The van der Waals surface area contributed by atoms with Crippen LogP contribution in [0.3, 0.4) is 0 Å². The van der Waals surface area contributed by atoms with Crippen molar-refractivity contribution in [2.75, 3.05) is 6.61 Å². The number of nitro groups is 1. The molecule has 0 spiro atoms. The van der Waals surface area contributed by atoms with Gasteiger partial charge in [0.2, 0.25) is 5.88 Å². The lowest BCUT2D eigenvalue weighted by molar-refractivity contribution is -0.384. The summed E-state index contributed by atoms with van der Waals surface area (Å²) in [4.78, 5) is 19.0. The minimum absolute atomic E-state index is 0.0433. The first-order valence-corrected chi connectivity index (χ1v) is 8.99. The van der Waals surface area contributed by atoms with E-state index in [0.29, 0.717) is 24.1 Å². The molecule has 1 fully saturated rings. The summed E-state index contributed by atoms with van der Waals surface area (Å²) in [7, 11) is 0. The number of non-ortho nitro benzene ring substituents is 1. The van der Waals surface area contributed by atoms with Crippen molar-refractivity contribution in [3.05, 3.63) is 82.2 Å². The molecule has 1 aromatic heterocycles. The van der Waals surface area contributed by atoms with Crippen molar-refractivity contribution in [3.8, 4) is 17.1 Å². The number of aromatic nitrogens is 2. The van der Waals surface area contributed by atoms with Gasteiger partial charge in [-0.05, 0) is 42.0 Å². The first-order valence-electron chi connectivity index (χ1n) is 8.99. The molecule has 1 saturated carbocycles. The third-order valence-corrected chi connectivity index (χ3v) is 4.70. The highest BCUT2D eigenvalue weighted by molar-refractivity contribution is 5.65. The Bertz CT molecular complexity index is 953. The summed E-state index contributed by atoms with van der Waals surface area (Å²) >= 11 is 0. The molecule has 0 atom stereocenters. The van der Waals surface area contributed by atoms with Crippen LogP contribution in [0.1, 0.15) is 29.9 Å². The van der Waals surface area contributed by atoms with Gasteiger partial charge in [0, 0.05) is 36.5 Å². The Hall–Kier alpha value is -3.28. The molecule has 3 aromatic rings. The predicted molar refractivity (Wildman–Crippen MR) is 102 cm³/mol. The van der Waals surface area contributed by atoms with E-state index in [9.17, 15) is 10.1 Å². The zero-order valence-corrected chi connectivity index (χ0v) is 14.7. The number of hydrogen-bond donors (Lipinski definition) is 0. The first kappa shape index (κ1) is 17.1. The van der Waals surface area contributed by atoms with Gasteiger partial charge in [0.15, 0.2) is 0 Å². The predicted octanol–water partition coefficient (Wildman–Crippen LogP) is 4.55. The number of hydrogen-bond acceptors (Lipinski definition) is 5. The highest BCUT2D eigenvalue weighted by atomic mass is 16.6. The second kappa shape index (κ2) is 7.53. The number of benzene rings is 2. The lowest BCUT2D eigenvalue weighted by Crippen LogP contribution is -2.06. The van der Waals surface area contributed by atoms with Crippen LogP contribution in [0.25, 0.3) is 11.3 Å². The molecule has 1 aliphatic rings. The summed E-state index contributed by atoms with van der Waals surface area (Å²) in [5, 5.41) is 10.8. The zero-order valence-electron chi connectivity index (χ0n) is 14.7. The summed E-state index contributed by atoms with van der Waals surface area (Å²) in [5.74, 6) is 1.14. The molecule has 0 N–H and O–H groups in total. The van der Waals surface area contributed by atoms with Gasteiger partial charge >= 0.3 is 0 Å². The largest absolute Gasteiger partial charge is 0.476 e. The topological polar surface area (TPSA) is 78.2 Å². The van der Waals surface area contributed by atoms with Gasteiger partial charge in [-0.2, -0.15) is 0 Å². The molecule has 0 radical (unpaired) electrons. The maximum atomic E-state index is 10.8. The lowest BCUT2D eigenvalue weighted by atomic mass is 10.0. The summed E-state index contributed by atoms with van der Waals surface area (Å²) < 4.78 is 5.92. The Morgan fingerprint density at radius 2 is 1.78 bits per heavy atom. The first-order chi connectivity index (χ1) is 13.2. The van der Waals surface area contributed by atoms with E-state index in [1.165, 1.54) is 36.1 Å². The van der Waals surface area contributed by atoms with Gasteiger partial charge in [0.1, 0.15) is 5.69 Å². The third kappa shape index (κ3) is 3.95. The van der Waals surface area contributed by atoms with E-state index in [0.717, 1.165) is 12.0 Å². The molecule has 1 aliphatic carbocycles. The van der Waals surface area contributed by atoms with Crippen LogP contribution >= 0.6 is 0 Å². The molecule has 136 valence electrons. The third-order valence-electron chi connectivity index (χ3n) is 4.70. The fraction of sp³-hybridized carbons (Fsp3) is 0.238. The number of ether oxygens (including phenoxy) is 1. The number of nitro benzene ring substituents is 1. The van der Waals surface area contributed by atoms with Crippen LogP contribution in [-0.4, -0.2) is 21.5 Å². The van der Waals surface area contributed by atoms with Gasteiger partial charge in [0.25, 0.3) is 5.69 Å². The Labute approximate surface area is 157 Å². The van der Waals surface area contributed by atoms with Crippen molar-refractivity contribution in [3.63, 3.8) is 0 Å². The van der Waals surface area contributed by atoms with Crippen molar-refractivity contribution in [2.24, 2.45) is 0 Å². The summed E-state index contributed by atoms with van der Waals surface area (Å²) in [6, 6.07) is 14.8. The Kier molecular flexibility index (Phi) is 4.78. The van der Waals surface area contributed by atoms with Crippen molar-refractivity contribution >= 4 is 5.69 Å². The van der Waals surface area contributed by atoms with Crippen molar-refractivity contribution < 1.29 is 9.66 Å². The summed E-state index contributed by atoms with van der Waals surface area (Å²) in [6.07, 6.45) is 6.52. The molecule has 27 heavy (non-hydrogen) atoms. The highest BCUT2D eigenvalue weighted by Gasteiger charge is 2.25. The standard InChI is InChI=1S/C21H19N3O3/c25-24(26)18-9-7-17(8-10-18)20-21(23-13-12-22-20)27-14-11-15-3-1-2-4-19(15)16-5-6-16/h1-4,7-10,12-13,16H,5-6,11,14H2. The lowest BCUT2D eigenvalue weighted by Gasteiger charge is -2.11. The molecule has 4 rings (SSSR count). The van der Waals surface area contributed by atoms with E-state index in [1.807, 2.05) is 0 Å². The number of rotatable bonds is 7. The van der Waals surface area contributed by atoms with Crippen molar-refractivity contribution in [1.29, 1.82) is 0 Å². The molecular formula is C21H19N3O3. The van der Waals surface area contributed by atoms with Gasteiger partial charge in [-0.1, -0.05) is 24.3 Å². The van der Waals surface area contributed by atoms with Crippen LogP contribution in [0.15, 0.2) is 60.9 Å².